The zero-order valence-electron chi connectivity index (χ0n) is 14.8. The van der Waals surface area contributed by atoms with Gasteiger partial charge >= 0.3 is 0 Å². The molecule has 0 spiro atoms. The Morgan fingerprint density at radius 1 is 1.28 bits per heavy atom. The molecule has 1 aliphatic heterocycles. The third kappa shape index (κ3) is 4.02. The highest BCUT2D eigenvalue weighted by Crippen LogP contribution is 2.18. The zero-order chi connectivity index (χ0) is 17.8. The first-order chi connectivity index (χ1) is 12.1. The van der Waals surface area contributed by atoms with Crippen LogP contribution in [0.4, 0.5) is 0 Å². The Labute approximate surface area is 147 Å². The van der Waals surface area contributed by atoms with E-state index in [-0.39, 0.29) is 18.4 Å². The van der Waals surface area contributed by atoms with Gasteiger partial charge in [0.15, 0.2) is 0 Å². The van der Waals surface area contributed by atoms with E-state index in [9.17, 15) is 4.79 Å². The average Bonchev–Trinajstić information content (AvgIpc) is 2.98. The number of nitrogens with one attached hydrogen (secondary N) is 2. The Balaban J connectivity index is 1.61. The molecule has 0 radical (unpaired) electrons. The molecule has 2 aromatic heterocycles. The Morgan fingerprint density at radius 3 is 2.84 bits per heavy atom. The van der Waals surface area contributed by atoms with Gasteiger partial charge in [-0.3, -0.25) is 19.8 Å². The van der Waals surface area contributed by atoms with Gasteiger partial charge in [-0.15, -0.1) is 0 Å². The van der Waals surface area contributed by atoms with Crippen molar-refractivity contribution in [3.63, 3.8) is 0 Å². The predicted molar refractivity (Wildman–Crippen MR) is 97.4 cm³/mol. The van der Waals surface area contributed by atoms with Gasteiger partial charge in [0.2, 0.25) is 5.91 Å². The molecule has 6 nitrogen and oxygen atoms in total. The number of nitrogens with zero attached hydrogens (tertiary/aromatic N) is 3. The molecule has 0 fully saturated rings. The van der Waals surface area contributed by atoms with Crippen molar-refractivity contribution in [2.45, 2.75) is 39.8 Å². The molecule has 1 amide bonds. The molecule has 3 heterocycles. The van der Waals surface area contributed by atoms with Gasteiger partial charge in [-0.1, -0.05) is 6.07 Å². The largest absolute Gasteiger partial charge is 0.370 e. The van der Waals surface area contributed by atoms with Crippen LogP contribution < -0.4 is 10.6 Å². The van der Waals surface area contributed by atoms with Gasteiger partial charge in [0.05, 0.1) is 24.7 Å². The number of pyridine rings is 2. The summed E-state index contributed by atoms with van der Waals surface area (Å²) in [6.45, 7) is 7.40. The number of rotatable bonds is 5. The molecule has 1 aliphatic rings. The summed E-state index contributed by atoms with van der Waals surface area (Å²) < 4.78 is 0. The van der Waals surface area contributed by atoms with Crippen molar-refractivity contribution in [2.24, 2.45) is 4.99 Å². The number of fused-ring (bicyclic) bond motifs is 1. The summed E-state index contributed by atoms with van der Waals surface area (Å²) in [5.74, 6) is 0.841. The summed E-state index contributed by atoms with van der Waals surface area (Å²) >= 11 is 0. The molecule has 0 bridgehead atoms. The zero-order valence-corrected chi connectivity index (χ0v) is 14.8. The van der Waals surface area contributed by atoms with Crippen LogP contribution in [0, 0.1) is 6.92 Å². The summed E-state index contributed by atoms with van der Waals surface area (Å²) in [4.78, 5) is 25.5. The van der Waals surface area contributed by atoms with Gasteiger partial charge in [-0.05, 0) is 44.0 Å². The second-order valence-corrected chi connectivity index (χ2v) is 6.23. The number of aliphatic imine (C=N–C) groups is 1. The van der Waals surface area contributed by atoms with Gasteiger partial charge < -0.3 is 10.6 Å². The summed E-state index contributed by atoms with van der Waals surface area (Å²) in [5.41, 5.74) is 4.86. The van der Waals surface area contributed by atoms with Crippen molar-refractivity contribution in [3.8, 4) is 0 Å². The SMILES string of the molecule is CCNC1=NCc2cc(CC(=O)NC(C)c3ccc(C)nc3)ncc21. The van der Waals surface area contributed by atoms with Crippen LogP contribution in [0.15, 0.2) is 35.6 Å². The Kier molecular flexibility index (Phi) is 5.07. The standard InChI is InChI=1S/C19H23N5O/c1-4-20-19-17-11-22-16(7-15(17)10-23-19)8-18(25)24-13(3)14-6-5-12(2)21-9-14/h5-7,9,11,13H,4,8,10H2,1-3H3,(H,20,23)(H,24,25). The Hall–Kier alpha value is -2.76. The van der Waals surface area contributed by atoms with Crippen LogP contribution in [0.3, 0.4) is 0 Å². The fourth-order valence-electron chi connectivity index (χ4n) is 2.83. The fourth-order valence-corrected chi connectivity index (χ4v) is 2.83. The molecule has 130 valence electrons. The molecule has 2 N–H and O–H groups in total. The topological polar surface area (TPSA) is 79.3 Å². The summed E-state index contributed by atoms with van der Waals surface area (Å²) in [5, 5.41) is 6.23. The summed E-state index contributed by atoms with van der Waals surface area (Å²) in [7, 11) is 0. The van der Waals surface area contributed by atoms with Gasteiger partial charge in [-0.25, -0.2) is 0 Å². The maximum Gasteiger partial charge on any atom is 0.226 e. The number of hydrogen-bond donors (Lipinski definition) is 2. The molecule has 6 heteroatoms. The molecule has 1 atom stereocenters. The molecular weight excluding hydrogens is 314 g/mol. The van der Waals surface area contributed by atoms with E-state index in [4.69, 9.17) is 0 Å². The molecule has 2 aromatic rings. The monoisotopic (exact) mass is 337 g/mol. The highest BCUT2D eigenvalue weighted by atomic mass is 16.1. The summed E-state index contributed by atoms with van der Waals surface area (Å²) in [6.07, 6.45) is 3.86. The third-order valence-corrected chi connectivity index (χ3v) is 4.21. The maximum absolute atomic E-state index is 12.3. The van der Waals surface area contributed by atoms with E-state index >= 15 is 0 Å². The number of aryl methyl sites for hydroxylation is 1. The number of carbonyl (C=O) groups is 1. The fraction of sp³-hybridized carbons (Fsp3) is 0.368. The lowest BCUT2D eigenvalue weighted by Crippen LogP contribution is -2.28. The van der Waals surface area contributed by atoms with Crippen molar-refractivity contribution < 1.29 is 4.79 Å². The highest BCUT2D eigenvalue weighted by Gasteiger charge is 2.17. The number of aromatic nitrogens is 2. The first-order valence-electron chi connectivity index (χ1n) is 8.55. The lowest BCUT2D eigenvalue weighted by atomic mass is 10.1. The van der Waals surface area contributed by atoms with Gasteiger partial charge in [0.25, 0.3) is 0 Å². The van der Waals surface area contributed by atoms with E-state index in [1.54, 1.807) is 12.4 Å². The van der Waals surface area contributed by atoms with E-state index in [1.807, 2.05) is 39.0 Å². The Bertz CT molecular complexity index is 798. The minimum Gasteiger partial charge on any atom is -0.370 e. The van der Waals surface area contributed by atoms with Gasteiger partial charge in [-0.2, -0.15) is 0 Å². The molecule has 0 aromatic carbocycles. The third-order valence-electron chi connectivity index (χ3n) is 4.21. The van der Waals surface area contributed by atoms with Crippen molar-refractivity contribution in [1.29, 1.82) is 0 Å². The van der Waals surface area contributed by atoms with Crippen LogP contribution >= 0.6 is 0 Å². The lowest BCUT2D eigenvalue weighted by molar-refractivity contribution is -0.121. The van der Waals surface area contributed by atoms with E-state index in [2.05, 4.69) is 25.6 Å². The van der Waals surface area contributed by atoms with Gasteiger partial charge in [0.1, 0.15) is 5.84 Å². The Morgan fingerprint density at radius 2 is 2.12 bits per heavy atom. The van der Waals surface area contributed by atoms with Crippen molar-refractivity contribution in [2.75, 3.05) is 6.54 Å². The van der Waals surface area contributed by atoms with Crippen LogP contribution in [0.1, 0.15) is 48.0 Å². The normalized spacial score (nSPS) is 13.8. The number of hydrogen-bond acceptors (Lipinski definition) is 5. The van der Waals surface area contributed by atoms with Crippen molar-refractivity contribution >= 4 is 11.7 Å². The molecule has 1 unspecified atom stereocenters. The molecule has 0 aliphatic carbocycles. The molecule has 25 heavy (non-hydrogen) atoms. The predicted octanol–water partition coefficient (Wildman–Crippen LogP) is 2.07. The smallest absolute Gasteiger partial charge is 0.226 e. The molecular formula is C19H23N5O. The molecule has 3 rings (SSSR count). The second kappa shape index (κ2) is 7.42. The maximum atomic E-state index is 12.3. The summed E-state index contributed by atoms with van der Waals surface area (Å²) in [6, 6.07) is 5.82. The van der Waals surface area contributed by atoms with Gasteiger partial charge in [0, 0.05) is 30.2 Å². The quantitative estimate of drug-likeness (QED) is 0.875. The number of amidine groups is 1. The first kappa shape index (κ1) is 17.1. The molecule has 0 saturated heterocycles. The highest BCUT2D eigenvalue weighted by molar-refractivity contribution is 6.01. The average molecular weight is 337 g/mol. The van der Waals surface area contributed by atoms with Crippen LogP contribution in [-0.2, 0) is 17.8 Å². The van der Waals surface area contributed by atoms with Crippen LogP contribution in [0.2, 0.25) is 0 Å². The van der Waals surface area contributed by atoms with E-state index < -0.39 is 0 Å². The van der Waals surface area contributed by atoms with Crippen LogP contribution in [0.5, 0.6) is 0 Å². The lowest BCUT2D eigenvalue weighted by Gasteiger charge is -2.14. The number of amides is 1. The first-order valence-corrected chi connectivity index (χ1v) is 8.55. The minimum absolute atomic E-state index is 0.0497. The minimum atomic E-state index is -0.0845. The van der Waals surface area contributed by atoms with E-state index in [0.717, 1.165) is 40.5 Å². The van der Waals surface area contributed by atoms with Crippen LogP contribution in [0.25, 0.3) is 0 Å². The van der Waals surface area contributed by atoms with Crippen molar-refractivity contribution in [3.05, 3.63) is 58.7 Å². The second-order valence-electron chi connectivity index (χ2n) is 6.23. The van der Waals surface area contributed by atoms with E-state index in [1.165, 1.54) is 0 Å². The number of carbonyl (C=O) groups excluding carboxylic acids is 1. The van der Waals surface area contributed by atoms with Crippen molar-refractivity contribution in [1.82, 2.24) is 20.6 Å². The van der Waals surface area contributed by atoms with E-state index in [0.29, 0.717) is 6.54 Å². The van der Waals surface area contributed by atoms with Crippen LogP contribution in [-0.4, -0.2) is 28.3 Å². The molecule has 0 saturated carbocycles.